The third-order valence-corrected chi connectivity index (χ3v) is 3.92. The Morgan fingerprint density at radius 1 is 1.38 bits per heavy atom. The fourth-order valence-corrected chi connectivity index (χ4v) is 2.86. The van der Waals surface area contributed by atoms with Gasteiger partial charge in [-0.25, -0.2) is 4.98 Å². The molecule has 0 amide bonds. The first-order valence-electron chi connectivity index (χ1n) is 6.53. The standard InChI is InChI=1S/C14H16F3N3S/c1-2-18-12(9-21-13-19-6-7-20-13)10-4-3-5-11(8-10)14(15,16)17/h3-8,12,18H,2,9H2,1H3,(H,19,20). The fourth-order valence-electron chi connectivity index (χ4n) is 1.94. The summed E-state index contributed by atoms with van der Waals surface area (Å²) in [4.78, 5) is 7.06. The molecule has 21 heavy (non-hydrogen) atoms. The van der Waals surface area contributed by atoms with Crippen LogP contribution in [0.3, 0.4) is 0 Å². The summed E-state index contributed by atoms with van der Waals surface area (Å²) >= 11 is 1.47. The number of nitrogens with one attached hydrogen (secondary N) is 2. The SMILES string of the molecule is CCNC(CSc1ncc[nH]1)c1cccc(C(F)(F)F)c1. The molecule has 0 spiro atoms. The molecule has 3 nitrogen and oxygen atoms in total. The van der Waals surface area contributed by atoms with Crippen LogP contribution in [0, 0.1) is 0 Å². The molecule has 1 aromatic carbocycles. The number of aromatic nitrogens is 2. The predicted molar refractivity (Wildman–Crippen MR) is 77.2 cm³/mol. The summed E-state index contributed by atoms with van der Waals surface area (Å²) in [6.07, 6.45) is -0.954. The normalized spacial score (nSPS) is 13.3. The topological polar surface area (TPSA) is 40.7 Å². The fraction of sp³-hybridized carbons (Fsp3) is 0.357. The third kappa shape index (κ3) is 4.50. The van der Waals surface area contributed by atoms with Gasteiger partial charge in [0.2, 0.25) is 0 Å². The molecular formula is C14H16F3N3S. The first-order valence-corrected chi connectivity index (χ1v) is 7.52. The van der Waals surface area contributed by atoms with Gasteiger partial charge in [0.1, 0.15) is 0 Å². The zero-order valence-corrected chi connectivity index (χ0v) is 12.3. The summed E-state index contributed by atoms with van der Waals surface area (Å²) in [5.74, 6) is 0.600. The minimum absolute atomic E-state index is 0.160. The second-order valence-corrected chi connectivity index (χ2v) is 5.45. The van der Waals surface area contributed by atoms with Crippen LogP contribution in [0.15, 0.2) is 41.8 Å². The van der Waals surface area contributed by atoms with Gasteiger partial charge in [-0.2, -0.15) is 13.2 Å². The second kappa shape index (κ2) is 7.00. The number of nitrogens with zero attached hydrogens (tertiary/aromatic N) is 1. The van der Waals surface area contributed by atoms with E-state index in [1.807, 2.05) is 6.92 Å². The van der Waals surface area contributed by atoms with E-state index in [1.165, 1.54) is 23.9 Å². The lowest BCUT2D eigenvalue weighted by molar-refractivity contribution is -0.137. The van der Waals surface area contributed by atoms with Crippen LogP contribution in [-0.2, 0) is 6.18 Å². The number of imidazole rings is 1. The summed E-state index contributed by atoms with van der Waals surface area (Å²) in [7, 11) is 0. The largest absolute Gasteiger partial charge is 0.416 e. The molecule has 1 heterocycles. The van der Waals surface area contributed by atoms with Crippen molar-refractivity contribution in [1.82, 2.24) is 15.3 Å². The van der Waals surface area contributed by atoms with Crippen LogP contribution < -0.4 is 5.32 Å². The average molecular weight is 315 g/mol. The predicted octanol–water partition coefficient (Wildman–Crippen LogP) is 3.87. The van der Waals surface area contributed by atoms with E-state index in [1.54, 1.807) is 18.5 Å². The molecular weight excluding hydrogens is 299 g/mol. The number of aromatic amines is 1. The van der Waals surface area contributed by atoms with Gasteiger partial charge in [0.25, 0.3) is 0 Å². The maximum Gasteiger partial charge on any atom is 0.416 e. The van der Waals surface area contributed by atoms with E-state index in [0.717, 1.165) is 11.2 Å². The van der Waals surface area contributed by atoms with E-state index < -0.39 is 11.7 Å². The molecule has 2 aromatic rings. The van der Waals surface area contributed by atoms with Crippen molar-refractivity contribution >= 4 is 11.8 Å². The first-order chi connectivity index (χ1) is 10.0. The lowest BCUT2D eigenvalue weighted by Crippen LogP contribution is -2.23. The highest BCUT2D eigenvalue weighted by Gasteiger charge is 2.30. The lowest BCUT2D eigenvalue weighted by atomic mass is 10.0. The number of benzene rings is 1. The van der Waals surface area contributed by atoms with Crippen LogP contribution in [0.4, 0.5) is 13.2 Å². The number of hydrogen-bond acceptors (Lipinski definition) is 3. The van der Waals surface area contributed by atoms with Crippen molar-refractivity contribution in [2.24, 2.45) is 0 Å². The Balaban J connectivity index is 2.13. The molecule has 0 aliphatic carbocycles. The van der Waals surface area contributed by atoms with Gasteiger partial charge in [-0.15, -0.1) is 0 Å². The highest BCUT2D eigenvalue weighted by molar-refractivity contribution is 7.99. The molecule has 1 unspecified atom stereocenters. The molecule has 0 aliphatic heterocycles. The molecule has 0 bridgehead atoms. The van der Waals surface area contributed by atoms with Gasteiger partial charge in [0, 0.05) is 24.2 Å². The summed E-state index contributed by atoms with van der Waals surface area (Å²) < 4.78 is 38.4. The van der Waals surface area contributed by atoms with E-state index in [9.17, 15) is 13.2 Å². The van der Waals surface area contributed by atoms with Crippen molar-refractivity contribution < 1.29 is 13.2 Å². The minimum Gasteiger partial charge on any atom is -0.340 e. The first kappa shape index (κ1) is 15.9. The average Bonchev–Trinajstić information content (AvgIpc) is 2.96. The molecule has 2 N–H and O–H groups in total. The Hall–Kier alpha value is -1.47. The van der Waals surface area contributed by atoms with E-state index in [0.29, 0.717) is 17.9 Å². The molecule has 7 heteroatoms. The van der Waals surface area contributed by atoms with Gasteiger partial charge >= 0.3 is 6.18 Å². The third-order valence-electron chi connectivity index (χ3n) is 2.93. The molecule has 0 aliphatic rings. The number of halogens is 3. The van der Waals surface area contributed by atoms with E-state index in [-0.39, 0.29) is 6.04 Å². The zero-order valence-electron chi connectivity index (χ0n) is 11.4. The van der Waals surface area contributed by atoms with Crippen LogP contribution >= 0.6 is 11.8 Å². The van der Waals surface area contributed by atoms with Crippen molar-refractivity contribution in [2.75, 3.05) is 12.3 Å². The Bertz CT molecular complexity index is 555. The van der Waals surface area contributed by atoms with Crippen LogP contribution in [0.2, 0.25) is 0 Å². The van der Waals surface area contributed by atoms with E-state index in [2.05, 4.69) is 15.3 Å². The summed E-state index contributed by atoms with van der Waals surface area (Å²) in [5, 5.41) is 3.96. The number of alkyl halides is 3. The van der Waals surface area contributed by atoms with Gasteiger partial charge in [-0.05, 0) is 24.2 Å². The van der Waals surface area contributed by atoms with Gasteiger partial charge in [0.15, 0.2) is 5.16 Å². The van der Waals surface area contributed by atoms with Gasteiger partial charge in [-0.3, -0.25) is 0 Å². The zero-order chi connectivity index (χ0) is 15.3. The molecule has 1 atom stereocenters. The van der Waals surface area contributed by atoms with Crippen LogP contribution in [-0.4, -0.2) is 22.3 Å². The van der Waals surface area contributed by atoms with Crippen molar-refractivity contribution in [3.8, 4) is 0 Å². The number of hydrogen-bond donors (Lipinski definition) is 2. The number of thioether (sulfide) groups is 1. The van der Waals surface area contributed by atoms with Gasteiger partial charge < -0.3 is 10.3 Å². The Morgan fingerprint density at radius 3 is 2.81 bits per heavy atom. The Morgan fingerprint density at radius 2 is 2.19 bits per heavy atom. The maximum atomic E-state index is 12.8. The van der Waals surface area contributed by atoms with Crippen molar-refractivity contribution in [1.29, 1.82) is 0 Å². The van der Waals surface area contributed by atoms with Gasteiger partial charge in [0.05, 0.1) is 5.56 Å². The van der Waals surface area contributed by atoms with Crippen molar-refractivity contribution in [3.05, 3.63) is 47.8 Å². The smallest absolute Gasteiger partial charge is 0.340 e. The summed E-state index contributed by atoms with van der Waals surface area (Å²) in [5.41, 5.74) is 0.0108. The molecule has 114 valence electrons. The Kier molecular flexibility index (Phi) is 5.30. The number of H-pyrrole nitrogens is 1. The monoisotopic (exact) mass is 315 g/mol. The lowest BCUT2D eigenvalue weighted by Gasteiger charge is -2.19. The van der Waals surface area contributed by atoms with E-state index >= 15 is 0 Å². The Labute approximate surface area is 125 Å². The summed E-state index contributed by atoms with van der Waals surface area (Å²) in [6, 6.07) is 5.29. The molecule has 0 saturated heterocycles. The molecule has 1 aromatic heterocycles. The highest BCUT2D eigenvalue weighted by atomic mass is 32.2. The second-order valence-electron chi connectivity index (χ2n) is 4.44. The quantitative estimate of drug-likeness (QED) is 0.795. The number of rotatable bonds is 6. The van der Waals surface area contributed by atoms with E-state index in [4.69, 9.17) is 0 Å². The molecule has 0 fully saturated rings. The molecule has 0 radical (unpaired) electrons. The highest BCUT2D eigenvalue weighted by Crippen LogP contribution is 2.31. The minimum atomic E-state index is -4.32. The van der Waals surface area contributed by atoms with Crippen LogP contribution in [0.1, 0.15) is 24.1 Å². The van der Waals surface area contributed by atoms with Gasteiger partial charge in [-0.1, -0.05) is 30.8 Å². The van der Waals surface area contributed by atoms with Crippen molar-refractivity contribution in [2.45, 2.75) is 24.3 Å². The van der Waals surface area contributed by atoms with Crippen molar-refractivity contribution in [3.63, 3.8) is 0 Å². The maximum absolute atomic E-state index is 12.8. The molecule has 0 saturated carbocycles. The van der Waals surface area contributed by atoms with Crippen LogP contribution in [0.25, 0.3) is 0 Å². The summed E-state index contributed by atoms with van der Waals surface area (Å²) in [6.45, 7) is 2.61. The molecule has 2 rings (SSSR count). The van der Waals surface area contributed by atoms with Crippen LogP contribution in [0.5, 0.6) is 0 Å².